The highest BCUT2D eigenvalue weighted by Gasteiger charge is 2.17. The van der Waals surface area contributed by atoms with Gasteiger partial charge in [-0.15, -0.1) is 0 Å². The van der Waals surface area contributed by atoms with Crippen LogP contribution in [0.2, 0.25) is 0 Å². The van der Waals surface area contributed by atoms with Crippen molar-refractivity contribution in [3.63, 3.8) is 0 Å². The average molecular weight is 269 g/mol. The maximum Gasteiger partial charge on any atom is 0.246 e. The number of methoxy groups -OCH3 is 1. The molecule has 0 aromatic heterocycles. The molecule has 0 radical (unpaired) electrons. The number of ether oxygens (including phenoxy) is 1. The Labute approximate surface area is 119 Å². The molecule has 1 atom stereocenters. The average Bonchev–Trinajstić information content (AvgIpc) is 2.47. The largest absolute Gasteiger partial charge is 0.375 e. The Hall–Kier alpha value is -2.13. The minimum Gasteiger partial charge on any atom is -0.375 e. The zero-order chi connectivity index (χ0) is 14.4. The van der Waals surface area contributed by atoms with Crippen molar-refractivity contribution < 1.29 is 9.53 Å². The van der Waals surface area contributed by atoms with Crippen molar-refractivity contribution >= 4 is 5.91 Å². The molecule has 0 unspecified atom stereocenters. The van der Waals surface area contributed by atoms with Crippen LogP contribution in [-0.2, 0) is 9.53 Å². The van der Waals surface area contributed by atoms with E-state index in [2.05, 4.69) is 5.32 Å². The first-order valence-corrected chi connectivity index (χ1v) is 6.61. The highest BCUT2D eigenvalue weighted by atomic mass is 16.5. The SMILES string of the molecule is COCC(=O)N[C@H](c1ccccc1)c1ccccc1C. The van der Waals surface area contributed by atoms with Crippen molar-refractivity contribution in [2.75, 3.05) is 13.7 Å². The van der Waals surface area contributed by atoms with Crippen LogP contribution in [-0.4, -0.2) is 19.6 Å². The van der Waals surface area contributed by atoms with Crippen LogP contribution in [0.5, 0.6) is 0 Å². The van der Waals surface area contributed by atoms with Crippen LogP contribution >= 0.6 is 0 Å². The van der Waals surface area contributed by atoms with E-state index in [-0.39, 0.29) is 18.6 Å². The molecule has 2 rings (SSSR count). The summed E-state index contributed by atoms with van der Waals surface area (Å²) < 4.78 is 4.89. The Morgan fingerprint density at radius 1 is 1.10 bits per heavy atom. The van der Waals surface area contributed by atoms with E-state index in [0.29, 0.717) is 0 Å². The van der Waals surface area contributed by atoms with E-state index in [1.54, 1.807) is 0 Å². The topological polar surface area (TPSA) is 38.3 Å². The fourth-order valence-electron chi connectivity index (χ4n) is 2.23. The number of nitrogens with one attached hydrogen (secondary N) is 1. The van der Waals surface area contributed by atoms with Gasteiger partial charge >= 0.3 is 0 Å². The Bertz CT molecular complexity index is 566. The van der Waals surface area contributed by atoms with Crippen LogP contribution in [0.25, 0.3) is 0 Å². The van der Waals surface area contributed by atoms with Crippen molar-refractivity contribution in [2.24, 2.45) is 0 Å². The number of amides is 1. The Kier molecular flexibility index (Phi) is 4.91. The van der Waals surface area contributed by atoms with Crippen molar-refractivity contribution in [3.05, 3.63) is 71.3 Å². The van der Waals surface area contributed by atoms with Crippen LogP contribution < -0.4 is 5.32 Å². The zero-order valence-electron chi connectivity index (χ0n) is 11.8. The van der Waals surface area contributed by atoms with Gasteiger partial charge in [-0.05, 0) is 23.6 Å². The summed E-state index contributed by atoms with van der Waals surface area (Å²) in [5, 5.41) is 3.03. The number of benzene rings is 2. The van der Waals surface area contributed by atoms with E-state index in [4.69, 9.17) is 4.74 Å². The summed E-state index contributed by atoms with van der Waals surface area (Å²) in [5.74, 6) is -0.121. The molecule has 0 aliphatic rings. The van der Waals surface area contributed by atoms with Gasteiger partial charge in [0.1, 0.15) is 6.61 Å². The minimum absolute atomic E-state index is 0.0647. The standard InChI is InChI=1S/C17H19NO2/c1-13-8-6-7-11-15(13)17(18-16(19)12-20-2)14-9-4-3-5-10-14/h3-11,17H,12H2,1-2H3,(H,18,19)/t17-/m1/s1. The molecule has 0 fully saturated rings. The van der Waals surface area contributed by atoms with E-state index in [9.17, 15) is 4.79 Å². The first-order valence-electron chi connectivity index (χ1n) is 6.61. The highest BCUT2D eigenvalue weighted by Crippen LogP contribution is 2.24. The van der Waals surface area contributed by atoms with E-state index < -0.39 is 0 Å². The number of carbonyl (C=O) groups is 1. The second kappa shape index (κ2) is 6.87. The Balaban J connectivity index is 2.35. The quantitative estimate of drug-likeness (QED) is 0.906. The predicted octanol–water partition coefficient (Wildman–Crippen LogP) is 2.85. The normalized spacial score (nSPS) is 11.9. The van der Waals surface area contributed by atoms with Gasteiger partial charge in [-0.25, -0.2) is 0 Å². The summed E-state index contributed by atoms with van der Waals surface area (Å²) in [7, 11) is 1.52. The molecular weight excluding hydrogens is 250 g/mol. The fourth-order valence-corrected chi connectivity index (χ4v) is 2.23. The van der Waals surface area contributed by atoms with Crippen LogP contribution in [0.4, 0.5) is 0 Å². The van der Waals surface area contributed by atoms with Gasteiger partial charge < -0.3 is 10.1 Å². The predicted molar refractivity (Wildman–Crippen MR) is 79.5 cm³/mol. The number of rotatable bonds is 5. The molecule has 1 amide bonds. The molecule has 0 saturated heterocycles. The minimum atomic E-state index is -0.153. The number of carbonyl (C=O) groups excluding carboxylic acids is 1. The summed E-state index contributed by atoms with van der Waals surface area (Å²) in [6, 6.07) is 17.9. The van der Waals surface area contributed by atoms with E-state index >= 15 is 0 Å². The monoisotopic (exact) mass is 269 g/mol. The maximum atomic E-state index is 11.9. The first-order chi connectivity index (χ1) is 9.72. The summed E-state index contributed by atoms with van der Waals surface area (Å²) in [4.78, 5) is 11.9. The van der Waals surface area contributed by atoms with Gasteiger partial charge in [0, 0.05) is 7.11 Å². The van der Waals surface area contributed by atoms with Gasteiger partial charge in [-0.2, -0.15) is 0 Å². The number of aryl methyl sites for hydroxylation is 1. The van der Waals surface area contributed by atoms with Gasteiger partial charge in [0.2, 0.25) is 5.91 Å². The lowest BCUT2D eigenvalue weighted by atomic mass is 9.95. The summed E-state index contributed by atoms with van der Waals surface area (Å²) in [5.41, 5.74) is 3.31. The van der Waals surface area contributed by atoms with Crippen LogP contribution in [0.15, 0.2) is 54.6 Å². The molecule has 3 heteroatoms. The molecule has 104 valence electrons. The second-order valence-corrected chi connectivity index (χ2v) is 4.70. The van der Waals surface area contributed by atoms with Gasteiger partial charge in [-0.1, -0.05) is 54.6 Å². The summed E-state index contributed by atoms with van der Waals surface area (Å²) in [6.45, 7) is 2.11. The fraction of sp³-hybridized carbons (Fsp3) is 0.235. The van der Waals surface area contributed by atoms with Crippen molar-refractivity contribution in [1.29, 1.82) is 0 Å². The first kappa shape index (κ1) is 14.3. The molecule has 3 nitrogen and oxygen atoms in total. The lowest BCUT2D eigenvalue weighted by molar-refractivity contribution is -0.125. The molecule has 20 heavy (non-hydrogen) atoms. The van der Waals surface area contributed by atoms with Gasteiger partial charge in [-0.3, -0.25) is 4.79 Å². The van der Waals surface area contributed by atoms with Crippen molar-refractivity contribution in [1.82, 2.24) is 5.32 Å². The lowest BCUT2D eigenvalue weighted by Gasteiger charge is -2.21. The van der Waals surface area contributed by atoms with Gasteiger partial charge in [0.25, 0.3) is 0 Å². The van der Waals surface area contributed by atoms with Crippen LogP contribution in [0.1, 0.15) is 22.7 Å². The molecule has 0 aliphatic heterocycles. The van der Waals surface area contributed by atoms with Crippen molar-refractivity contribution in [3.8, 4) is 0 Å². The molecule has 0 spiro atoms. The smallest absolute Gasteiger partial charge is 0.246 e. The highest BCUT2D eigenvalue weighted by molar-refractivity contribution is 5.78. The lowest BCUT2D eigenvalue weighted by Crippen LogP contribution is -2.32. The van der Waals surface area contributed by atoms with E-state index in [1.165, 1.54) is 7.11 Å². The van der Waals surface area contributed by atoms with Gasteiger partial charge in [0.05, 0.1) is 6.04 Å². The van der Waals surface area contributed by atoms with Gasteiger partial charge in [0.15, 0.2) is 0 Å². The molecule has 2 aromatic rings. The second-order valence-electron chi connectivity index (χ2n) is 4.70. The Morgan fingerprint density at radius 3 is 2.40 bits per heavy atom. The number of hydrogen-bond donors (Lipinski definition) is 1. The van der Waals surface area contributed by atoms with E-state index in [0.717, 1.165) is 16.7 Å². The third kappa shape index (κ3) is 3.45. The molecule has 2 aromatic carbocycles. The molecule has 1 N–H and O–H groups in total. The molecule has 0 heterocycles. The third-order valence-corrected chi connectivity index (χ3v) is 3.21. The zero-order valence-corrected chi connectivity index (χ0v) is 11.8. The molecular formula is C17H19NO2. The van der Waals surface area contributed by atoms with Crippen LogP contribution in [0.3, 0.4) is 0 Å². The third-order valence-electron chi connectivity index (χ3n) is 3.21. The molecule has 0 bridgehead atoms. The summed E-state index contributed by atoms with van der Waals surface area (Å²) in [6.07, 6.45) is 0. The molecule has 0 aliphatic carbocycles. The summed E-state index contributed by atoms with van der Waals surface area (Å²) >= 11 is 0. The maximum absolute atomic E-state index is 11.9. The Morgan fingerprint density at radius 2 is 1.75 bits per heavy atom. The number of hydrogen-bond acceptors (Lipinski definition) is 2. The van der Waals surface area contributed by atoms with E-state index in [1.807, 2.05) is 61.5 Å². The van der Waals surface area contributed by atoms with Crippen molar-refractivity contribution in [2.45, 2.75) is 13.0 Å². The van der Waals surface area contributed by atoms with Crippen LogP contribution in [0, 0.1) is 6.92 Å². The molecule has 0 saturated carbocycles.